The van der Waals surface area contributed by atoms with Crippen molar-refractivity contribution in [2.75, 3.05) is 13.2 Å². The zero-order valence-electron chi connectivity index (χ0n) is 12.1. The molecule has 1 aliphatic carbocycles. The fourth-order valence-corrected chi connectivity index (χ4v) is 2.45. The van der Waals surface area contributed by atoms with Gasteiger partial charge in [-0.05, 0) is 55.9 Å². The average Bonchev–Trinajstić information content (AvgIpc) is 2.89. The van der Waals surface area contributed by atoms with E-state index in [1.165, 1.54) is 24.0 Å². The van der Waals surface area contributed by atoms with Gasteiger partial charge in [0, 0.05) is 0 Å². The van der Waals surface area contributed by atoms with Crippen LogP contribution < -0.4 is 10.1 Å². The highest BCUT2D eigenvalue weighted by Gasteiger charge is 2.13. The molecule has 1 aromatic rings. The summed E-state index contributed by atoms with van der Waals surface area (Å²) in [5, 5.41) is 12.1. The SMILES string of the molecule is CC[C@H](C)[NH2+]C[C@@H](O)COc1ccc2c(c1)CCC2. The van der Waals surface area contributed by atoms with E-state index in [1.807, 2.05) is 6.07 Å². The summed E-state index contributed by atoms with van der Waals surface area (Å²) in [5.41, 5.74) is 2.87. The molecule has 0 saturated carbocycles. The average molecular weight is 264 g/mol. The lowest BCUT2D eigenvalue weighted by atomic mass is 10.1. The third kappa shape index (κ3) is 4.22. The molecular weight excluding hydrogens is 238 g/mol. The van der Waals surface area contributed by atoms with Crippen molar-refractivity contribution in [2.45, 2.75) is 51.7 Å². The molecule has 3 nitrogen and oxygen atoms in total. The van der Waals surface area contributed by atoms with E-state index < -0.39 is 6.10 Å². The Morgan fingerprint density at radius 1 is 1.32 bits per heavy atom. The summed E-state index contributed by atoms with van der Waals surface area (Å²) < 4.78 is 5.69. The monoisotopic (exact) mass is 264 g/mol. The minimum atomic E-state index is -0.401. The predicted molar refractivity (Wildman–Crippen MR) is 76.5 cm³/mol. The third-order valence-corrected chi connectivity index (χ3v) is 3.97. The van der Waals surface area contributed by atoms with Crippen molar-refractivity contribution in [3.05, 3.63) is 29.3 Å². The molecule has 1 aliphatic rings. The molecule has 0 fully saturated rings. The smallest absolute Gasteiger partial charge is 0.137 e. The first-order valence-corrected chi connectivity index (χ1v) is 7.45. The van der Waals surface area contributed by atoms with Crippen LogP contribution in [0.1, 0.15) is 37.8 Å². The Labute approximate surface area is 116 Å². The summed E-state index contributed by atoms with van der Waals surface area (Å²) in [5.74, 6) is 0.892. The van der Waals surface area contributed by atoms with Crippen molar-refractivity contribution in [3.63, 3.8) is 0 Å². The summed E-state index contributed by atoms with van der Waals surface area (Å²) in [7, 11) is 0. The number of benzene rings is 1. The standard InChI is InChI=1S/C16H25NO2/c1-3-12(2)17-10-15(18)11-19-16-8-7-13-5-4-6-14(13)9-16/h7-9,12,15,17-18H,3-6,10-11H2,1-2H3/p+1/t12-,15+/m0/s1. The zero-order chi connectivity index (χ0) is 13.7. The van der Waals surface area contributed by atoms with Crippen LogP contribution >= 0.6 is 0 Å². The summed E-state index contributed by atoms with van der Waals surface area (Å²) >= 11 is 0. The van der Waals surface area contributed by atoms with Crippen LogP contribution in [0.25, 0.3) is 0 Å². The van der Waals surface area contributed by atoms with Gasteiger partial charge in [0.15, 0.2) is 0 Å². The summed E-state index contributed by atoms with van der Waals surface area (Å²) in [6.07, 6.45) is 4.34. The van der Waals surface area contributed by atoms with E-state index in [-0.39, 0.29) is 0 Å². The molecule has 0 saturated heterocycles. The number of hydrogen-bond acceptors (Lipinski definition) is 2. The largest absolute Gasteiger partial charge is 0.491 e. The molecule has 0 bridgehead atoms. The van der Waals surface area contributed by atoms with Crippen LogP contribution in [0.3, 0.4) is 0 Å². The third-order valence-electron chi connectivity index (χ3n) is 3.97. The maximum absolute atomic E-state index is 9.89. The van der Waals surface area contributed by atoms with Gasteiger partial charge in [-0.25, -0.2) is 0 Å². The second kappa shape index (κ2) is 6.92. The van der Waals surface area contributed by atoms with Gasteiger partial charge in [-0.1, -0.05) is 13.0 Å². The number of aryl methyl sites for hydroxylation is 2. The number of ether oxygens (including phenoxy) is 1. The van der Waals surface area contributed by atoms with Crippen molar-refractivity contribution in [2.24, 2.45) is 0 Å². The van der Waals surface area contributed by atoms with Crippen molar-refractivity contribution < 1.29 is 15.2 Å². The van der Waals surface area contributed by atoms with E-state index >= 15 is 0 Å². The molecule has 2 rings (SSSR count). The molecule has 0 spiro atoms. The van der Waals surface area contributed by atoms with Gasteiger partial charge in [0.1, 0.15) is 25.0 Å². The van der Waals surface area contributed by atoms with Crippen molar-refractivity contribution in [1.82, 2.24) is 0 Å². The van der Waals surface area contributed by atoms with Crippen molar-refractivity contribution in [3.8, 4) is 5.75 Å². The number of hydrogen-bond donors (Lipinski definition) is 2. The molecule has 0 amide bonds. The number of aliphatic hydroxyl groups is 1. The number of aliphatic hydroxyl groups excluding tert-OH is 1. The highest BCUT2D eigenvalue weighted by Crippen LogP contribution is 2.25. The second-order valence-corrected chi connectivity index (χ2v) is 5.61. The van der Waals surface area contributed by atoms with E-state index in [9.17, 15) is 5.11 Å². The van der Waals surface area contributed by atoms with Gasteiger partial charge in [-0.2, -0.15) is 0 Å². The van der Waals surface area contributed by atoms with Gasteiger partial charge in [0.2, 0.25) is 0 Å². The predicted octanol–water partition coefficient (Wildman–Crippen LogP) is 1.28. The molecule has 0 heterocycles. The fraction of sp³-hybridized carbons (Fsp3) is 0.625. The summed E-state index contributed by atoms with van der Waals surface area (Å²) in [6, 6.07) is 6.88. The first-order chi connectivity index (χ1) is 9.19. The van der Waals surface area contributed by atoms with Crippen LogP contribution in [0.5, 0.6) is 5.75 Å². The lowest BCUT2D eigenvalue weighted by molar-refractivity contribution is -0.691. The van der Waals surface area contributed by atoms with Crippen LogP contribution in [-0.4, -0.2) is 30.4 Å². The fourth-order valence-electron chi connectivity index (χ4n) is 2.45. The Hall–Kier alpha value is -1.06. The maximum Gasteiger partial charge on any atom is 0.137 e. The van der Waals surface area contributed by atoms with Crippen LogP contribution in [0.15, 0.2) is 18.2 Å². The number of fused-ring (bicyclic) bond motifs is 1. The first-order valence-electron chi connectivity index (χ1n) is 7.45. The lowest BCUT2D eigenvalue weighted by Gasteiger charge is -2.14. The molecular formula is C16H26NO2+. The lowest BCUT2D eigenvalue weighted by Crippen LogP contribution is -2.91. The highest BCUT2D eigenvalue weighted by atomic mass is 16.5. The van der Waals surface area contributed by atoms with E-state index in [2.05, 4.69) is 31.3 Å². The Balaban J connectivity index is 1.75. The van der Waals surface area contributed by atoms with Crippen molar-refractivity contribution in [1.29, 1.82) is 0 Å². The van der Waals surface area contributed by atoms with Gasteiger partial charge in [0.25, 0.3) is 0 Å². The quantitative estimate of drug-likeness (QED) is 0.779. The highest BCUT2D eigenvalue weighted by molar-refractivity contribution is 5.38. The van der Waals surface area contributed by atoms with Gasteiger partial charge in [0.05, 0.1) is 6.04 Å². The normalized spacial score (nSPS) is 17.0. The Kier molecular flexibility index (Phi) is 5.23. The molecule has 0 radical (unpaired) electrons. The molecule has 0 unspecified atom stereocenters. The Morgan fingerprint density at radius 3 is 2.89 bits per heavy atom. The van der Waals surface area contributed by atoms with Crippen molar-refractivity contribution >= 4 is 0 Å². The van der Waals surface area contributed by atoms with E-state index in [1.54, 1.807) is 0 Å². The van der Waals surface area contributed by atoms with Crippen LogP contribution in [-0.2, 0) is 12.8 Å². The van der Waals surface area contributed by atoms with Crippen LogP contribution in [0.4, 0.5) is 0 Å². The van der Waals surface area contributed by atoms with E-state index in [0.717, 1.165) is 18.6 Å². The molecule has 2 atom stereocenters. The number of rotatable bonds is 7. The zero-order valence-corrected chi connectivity index (χ0v) is 12.1. The topological polar surface area (TPSA) is 46.1 Å². The molecule has 106 valence electrons. The van der Waals surface area contributed by atoms with Gasteiger partial charge < -0.3 is 15.2 Å². The molecule has 1 aromatic carbocycles. The maximum atomic E-state index is 9.89. The second-order valence-electron chi connectivity index (χ2n) is 5.61. The van der Waals surface area contributed by atoms with Gasteiger partial charge in [-0.15, -0.1) is 0 Å². The van der Waals surface area contributed by atoms with Gasteiger partial charge in [-0.3, -0.25) is 0 Å². The molecule has 0 aromatic heterocycles. The van der Waals surface area contributed by atoms with E-state index in [0.29, 0.717) is 19.2 Å². The molecule has 3 heteroatoms. The Bertz CT molecular complexity index is 406. The molecule has 19 heavy (non-hydrogen) atoms. The minimum Gasteiger partial charge on any atom is -0.491 e. The van der Waals surface area contributed by atoms with Crippen LogP contribution in [0.2, 0.25) is 0 Å². The van der Waals surface area contributed by atoms with Gasteiger partial charge >= 0.3 is 0 Å². The number of nitrogens with two attached hydrogens (primary N) is 1. The number of quaternary nitrogens is 1. The minimum absolute atomic E-state index is 0.381. The first kappa shape index (κ1) is 14.4. The molecule has 3 N–H and O–H groups in total. The van der Waals surface area contributed by atoms with Crippen LogP contribution in [0, 0.1) is 0 Å². The van der Waals surface area contributed by atoms with E-state index in [4.69, 9.17) is 4.74 Å². The molecule has 0 aliphatic heterocycles. The summed E-state index contributed by atoms with van der Waals surface area (Å²) in [6.45, 7) is 5.42. The summed E-state index contributed by atoms with van der Waals surface area (Å²) in [4.78, 5) is 0. The Morgan fingerprint density at radius 2 is 2.11 bits per heavy atom.